The summed E-state index contributed by atoms with van der Waals surface area (Å²) < 4.78 is 5.84. The fourth-order valence-corrected chi connectivity index (χ4v) is 4.43. The van der Waals surface area contributed by atoms with Gasteiger partial charge in [0, 0.05) is 32.4 Å². The minimum Gasteiger partial charge on any atom is -0.492 e. The molecular formula is C26H33N5O7. The van der Waals surface area contributed by atoms with Crippen LogP contribution in [0.4, 0.5) is 0 Å². The molecule has 2 fully saturated rings. The molecule has 38 heavy (non-hydrogen) atoms. The third-order valence-corrected chi connectivity index (χ3v) is 6.54. The van der Waals surface area contributed by atoms with E-state index in [1.54, 1.807) is 40.4 Å². The average molecular weight is 528 g/mol. The van der Waals surface area contributed by atoms with Crippen LogP contribution in [-0.4, -0.2) is 91.7 Å². The molecule has 2 aromatic heterocycles. The number of hydrogen-bond acceptors (Lipinski definition) is 8. The van der Waals surface area contributed by atoms with Gasteiger partial charge in [0.05, 0.1) is 24.9 Å². The lowest BCUT2D eigenvalue weighted by atomic mass is 9.87. The minimum absolute atomic E-state index is 0.00505. The molecule has 0 unspecified atom stereocenters. The first-order valence-corrected chi connectivity index (χ1v) is 12.7. The Morgan fingerprint density at radius 3 is 2.18 bits per heavy atom. The number of carboxylic acid groups (broad SMARTS) is 2. The molecule has 1 aliphatic heterocycles. The maximum Gasteiger partial charge on any atom is 0.414 e. The van der Waals surface area contributed by atoms with Crippen LogP contribution in [0.5, 0.6) is 5.75 Å². The third kappa shape index (κ3) is 9.09. The fourth-order valence-electron chi connectivity index (χ4n) is 4.43. The van der Waals surface area contributed by atoms with Crippen LogP contribution in [0.25, 0.3) is 0 Å². The van der Waals surface area contributed by atoms with Crippen LogP contribution in [-0.2, 0) is 20.8 Å². The van der Waals surface area contributed by atoms with Crippen LogP contribution in [0.3, 0.4) is 0 Å². The Kier molecular flexibility index (Phi) is 10.9. The van der Waals surface area contributed by atoms with Gasteiger partial charge in [-0.25, -0.2) is 14.6 Å². The number of nitrogens with zero attached hydrogens (tertiary/aromatic N) is 5. The van der Waals surface area contributed by atoms with E-state index in [0.717, 1.165) is 12.3 Å². The van der Waals surface area contributed by atoms with Crippen LogP contribution in [0.2, 0.25) is 0 Å². The van der Waals surface area contributed by atoms with Crippen LogP contribution in [0.1, 0.15) is 54.7 Å². The summed E-state index contributed by atoms with van der Waals surface area (Å²) in [5.41, 5.74) is 1.06. The molecule has 2 N–H and O–H groups in total. The SMILES string of the molecule is O=C(Cc1cccnn1)N1CCN(C(=O)c2ccc(OCCC3CCCCC3)cn2)CC1.O=C(O)C(=O)O. The summed E-state index contributed by atoms with van der Waals surface area (Å²) in [4.78, 5) is 51.3. The lowest BCUT2D eigenvalue weighted by Crippen LogP contribution is -2.51. The van der Waals surface area contributed by atoms with E-state index in [1.165, 1.54) is 32.1 Å². The molecule has 2 amide bonds. The van der Waals surface area contributed by atoms with Crippen molar-refractivity contribution in [2.75, 3.05) is 32.8 Å². The molecule has 0 atom stereocenters. The first-order valence-electron chi connectivity index (χ1n) is 12.7. The number of carboxylic acids is 2. The van der Waals surface area contributed by atoms with Gasteiger partial charge in [-0.15, -0.1) is 0 Å². The normalized spacial score (nSPS) is 15.7. The second-order valence-corrected chi connectivity index (χ2v) is 9.20. The minimum atomic E-state index is -1.82. The van der Waals surface area contributed by atoms with E-state index in [4.69, 9.17) is 24.5 Å². The van der Waals surface area contributed by atoms with E-state index in [9.17, 15) is 9.59 Å². The van der Waals surface area contributed by atoms with Gasteiger partial charge in [0.1, 0.15) is 11.4 Å². The molecule has 4 rings (SSSR count). The Morgan fingerprint density at radius 1 is 0.921 bits per heavy atom. The number of piperazine rings is 1. The second-order valence-electron chi connectivity index (χ2n) is 9.20. The average Bonchev–Trinajstić information content (AvgIpc) is 2.94. The van der Waals surface area contributed by atoms with Crippen LogP contribution >= 0.6 is 0 Å². The number of aromatic nitrogens is 3. The van der Waals surface area contributed by atoms with Gasteiger partial charge in [0.2, 0.25) is 5.91 Å². The maximum absolute atomic E-state index is 12.8. The van der Waals surface area contributed by atoms with Gasteiger partial charge in [0.15, 0.2) is 0 Å². The number of amides is 2. The zero-order valence-electron chi connectivity index (χ0n) is 21.2. The predicted octanol–water partition coefficient (Wildman–Crippen LogP) is 1.90. The molecule has 12 nitrogen and oxygen atoms in total. The van der Waals surface area contributed by atoms with Crippen molar-refractivity contribution >= 4 is 23.8 Å². The highest BCUT2D eigenvalue weighted by Crippen LogP contribution is 2.26. The number of ether oxygens (including phenoxy) is 1. The number of pyridine rings is 1. The van der Waals surface area contributed by atoms with Gasteiger partial charge < -0.3 is 24.7 Å². The van der Waals surface area contributed by atoms with Crippen molar-refractivity contribution in [3.8, 4) is 5.75 Å². The predicted molar refractivity (Wildman–Crippen MR) is 134 cm³/mol. The second kappa shape index (κ2) is 14.6. The van der Waals surface area contributed by atoms with Gasteiger partial charge in [-0.1, -0.05) is 32.1 Å². The smallest absolute Gasteiger partial charge is 0.414 e. The number of aliphatic carboxylic acids is 2. The Hall–Kier alpha value is -4.09. The molecule has 1 saturated heterocycles. The van der Waals surface area contributed by atoms with Gasteiger partial charge in [-0.2, -0.15) is 10.2 Å². The van der Waals surface area contributed by atoms with Gasteiger partial charge in [-0.05, 0) is 36.6 Å². The fraction of sp³-hybridized carbons (Fsp3) is 0.500. The van der Waals surface area contributed by atoms with Crippen LogP contribution in [0, 0.1) is 5.92 Å². The summed E-state index contributed by atoms with van der Waals surface area (Å²) in [6.07, 6.45) is 11.2. The molecular weight excluding hydrogens is 494 g/mol. The lowest BCUT2D eigenvalue weighted by molar-refractivity contribution is -0.159. The Bertz CT molecular complexity index is 1060. The number of carbonyl (C=O) groups is 4. The molecule has 2 aromatic rings. The molecule has 1 aliphatic carbocycles. The zero-order valence-corrected chi connectivity index (χ0v) is 21.2. The highest BCUT2D eigenvalue weighted by Gasteiger charge is 2.25. The highest BCUT2D eigenvalue weighted by molar-refractivity contribution is 6.27. The van der Waals surface area contributed by atoms with Crippen molar-refractivity contribution in [2.24, 2.45) is 5.92 Å². The van der Waals surface area contributed by atoms with Gasteiger partial charge >= 0.3 is 11.9 Å². The first kappa shape index (κ1) is 28.5. The zero-order chi connectivity index (χ0) is 27.3. The molecule has 12 heteroatoms. The van der Waals surface area contributed by atoms with Gasteiger partial charge in [-0.3, -0.25) is 9.59 Å². The Labute approximate surface area is 220 Å². The van der Waals surface area contributed by atoms with Crippen molar-refractivity contribution in [1.29, 1.82) is 0 Å². The van der Waals surface area contributed by atoms with Gasteiger partial charge in [0.25, 0.3) is 5.91 Å². The Balaban J connectivity index is 0.000000599. The molecule has 0 aromatic carbocycles. The molecule has 204 valence electrons. The summed E-state index contributed by atoms with van der Waals surface area (Å²) in [7, 11) is 0. The number of carbonyl (C=O) groups excluding carboxylic acids is 2. The molecule has 2 aliphatic rings. The number of rotatable bonds is 7. The van der Waals surface area contributed by atoms with E-state index in [2.05, 4.69) is 15.2 Å². The van der Waals surface area contributed by atoms with Crippen molar-refractivity contribution in [3.05, 3.63) is 48.0 Å². The molecule has 0 spiro atoms. The first-order chi connectivity index (χ1) is 18.3. The molecule has 3 heterocycles. The highest BCUT2D eigenvalue weighted by atomic mass is 16.5. The van der Waals surface area contributed by atoms with Crippen molar-refractivity contribution in [2.45, 2.75) is 44.9 Å². The summed E-state index contributed by atoms with van der Waals surface area (Å²) in [5.74, 6) is -2.27. The van der Waals surface area contributed by atoms with E-state index in [0.29, 0.717) is 49.9 Å². The maximum atomic E-state index is 12.8. The van der Waals surface area contributed by atoms with E-state index in [-0.39, 0.29) is 18.2 Å². The summed E-state index contributed by atoms with van der Waals surface area (Å²) in [5, 5.41) is 22.6. The monoisotopic (exact) mass is 527 g/mol. The number of hydrogen-bond donors (Lipinski definition) is 2. The molecule has 0 radical (unpaired) electrons. The quantitative estimate of drug-likeness (QED) is 0.508. The van der Waals surface area contributed by atoms with E-state index < -0.39 is 11.9 Å². The van der Waals surface area contributed by atoms with Crippen molar-refractivity contribution in [1.82, 2.24) is 25.0 Å². The summed E-state index contributed by atoms with van der Waals surface area (Å²) in [6.45, 7) is 2.70. The van der Waals surface area contributed by atoms with E-state index in [1.807, 2.05) is 6.07 Å². The van der Waals surface area contributed by atoms with Crippen molar-refractivity contribution in [3.63, 3.8) is 0 Å². The lowest BCUT2D eigenvalue weighted by Gasteiger charge is -2.34. The Morgan fingerprint density at radius 2 is 1.61 bits per heavy atom. The third-order valence-electron chi connectivity index (χ3n) is 6.54. The van der Waals surface area contributed by atoms with Crippen molar-refractivity contribution < 1.29 is 34.1 Å². The largest absolute Gasteiger partial charge is 0.492 e. The topological polar surface area (TPSA) is 163 Å². The molecule has 0 bridgehead atoms. The standard InChI is InChI=1S/C24H31N5O3.C2H2O4/c30-23(17-20-7-4-11-26-27-20)28-12-14-29(15-13-28)24(31)22-9-8-21(18-25-22)32-16-10-19-5-2-1-3-6-19;3-1(4)2(5)6/h4,7-9,11,18-19H,1-3,5-6,10,12-17H2;(H,3,4)(H,5,6). The summed E-state index contributed by atoms with van der Waals surface area (Å²) >= 11 is 0. The summed E-state index contributed by atoms with van der Waals surface area (Å²) in [6, 6.07) is 7.11. The molecule has 1 saturated carbocycles. The van der Waals surface area contributed by atoms with E-state index >= 15 is 0 Å². The van der Waals surface area contributed by atoms with Crippen LogP contribution < -0.4 is 4.74 Å². The van der Waals surface area contributed by atoms with Crippen LogP contribution in [0.15, 0.2) is 36.7 Å².